The van der Waals surface area contributed by atoms with Crippen LogP contribution >= 0.6 is 11.6 Å². The first kappa shape index (κ1) is 14.4. The summed E-state index contributed by atoms with van der Waals surface area (Å²) in [7, 11) is 0. The van der Waals surface area contributed by atoms with Crippen molar-refractivity contribution in [3.8, 4) is 5.75 Å². The third kappa shape index (κ3) is 3.29. The van der Waals surface area contributed by atoms with Crippen molar-refractivity contribution in [1.82, 2.24) is 0 Å². The van der Waals surface area contributed by atoms with E-state index in [0.29, 0.717) is 21.9 Å². The van der Waals surface area contributed by atoms with E-state index in [1.165, 1.54) is 12.1 Å². The second-order valence-electron chi connectivity index (χ2n) is 4.17. The van der Waals surface area contributed by atoms with Gasteiger partial charge in [0.15, 0.2) is 0 Å². The predicted molar refractivity (Wildman–Crippen MR) is 75.1 cm³/mol. The molecule has 0 heterocycles. The minimum Gasteiger partial charge on any atom is -0.488 e. The maximum atomic E-state index is 10.8. The van der Waals surface area contributed by atoms with Gasteiger partial charge in [0.1, 0.15) is 12.4 Å². The normalized spacial score (nSPS) is 10.3. The van der Waals surface area contributed by atoms with Gasteiger partial charge in [-0.1, -0.05) is 35.9 Å². The highest BCUT2D eigenvalue weighted by Gasteiger charge is 2.08. The molecule has 0 aliphatic carbocycles. The molecule has 0 saturated carbocycles. The molecule has 0 spiro atoms. The molecule has 0 unspecified atom stereocenters. The van der Waals surface area contributed by atoms with Crippen LogP contribution in [0, 0.1) is 0 Å². The van der Waals surface area contributed by atoms with Gasteiger partial charge < -0.3 is 14.9 Å². The van der Waals surface area contributed by atoms with Crippen molar-refractivity contribution in [2.24, 2.45) is 0 Å². The number of ether oxygens (including phenoxy) is 1. The Morgan fingerprint density at radius 2 is 1.90 bits per heavy atom. The van der Waals surface area contributed by atoms with Gasteiger partial charge in [0.2, 0.25) is 0 Å². The first-order valence-corrected chi connectivity index (χ1v) is 6.33. The number of carboxylic acid groups (broad SMARTS) is 1. The lowest BCUT2D eigenvalue weighted by atomic mass is 10.1. The zero-order valence-electron chi connectivity index (χ0n) is 10.5. The maximum absolute atomic E-state index is 10.8. The minimum absolute atomic E-state index is 0.109. The standard InChI is InChI=1S/C15H13ClO4/c16-13-7-10(15(18)19)5-6-12(13)9-20-14-4-2-1-3-11(14)8-17/h1-7,17H,8-9H2,(H,18,19). The summed E-state index contributed by atoms with van der Waals surface area (Å²) in [4.78, 5) is 10.8. The van der Waals surface area contributed by atoms with Crippen molar-refractivity contribution in [3.05, 3.63) is 64.2 Å². The Kier molecular flexibility index (Phi) is 4.61. The summed E-state index contributed by atoms with van der Waals surface area (Å²) in [6.45, 7) is 0.0948. The summed E-state index contributed by atoms with van der Waals surface area (Å²) in [5, 5.41) is 18.4. The van der Waals surface area contributed by atoms with Crippen LogP contribution in [0.25, 0.3) is 0 Å². The van der Waals surface area contributed by atoms with Crippen LogP contribution < -0.4 is 4.74 Å². The number of hydrogen-bond acceptors (Lipinski definition) is 3. The van der Waals surface area contributed by atoms with E-state index in [-0.39, 0.29) is 18.8 Å². The highest BCUT2D eigenvalue weighted by molar-refractivity contribution is 6.31. The van der Waals surface area contributed by atoms with E-state index in [1.807, 2.05) is 12.1 Å². The van der Waals surface area contributed by atoms with Gasteiger partial charge >= 0.3 is 5.97 Å². The number of aromatic carboxylic acids is 1. The summed E-state index contributed by atoms with van der Waals surface area (Å²) >= 11 is 6.02. The van der Waals surface area contributed by atoms with Gasteiger partial charge in [-0.2, -0.15) is 0 Å². The number of hydrogen-bond donors (Lipinski definition) is 2. The van der Waals surface area contributed by atoms with Crippen LogP contribution in [0.1, 0.15) is 21.5 Å². The van der Waals surface area contributed by atoms with Gasteiger partial charge in [-0.3, -0.25) is 0 Å². The fraction of sp³-hybridized carbons (Fsp3) is 0.133. The third-order valence-electron chi connectivity index (χ3n) is 2.83. The highest BCUT2D eigenvalue weighted by Crippen LogP contribution is 2.23. The maximum Gasteiger partial charge on any atom is 0.335 e. The molecule has 5 heteroatoms. The van der Waals surface area contributed by atoms with E-state index in [1.54, 1.807) is 18.2 Å². The number of benzene rings is 2. The molecule has 0 fully saturated rings. The Morgan fingerprint density at radius 3 is 2.55 bits per heavy atom. The Balaban J connectivity index is 2.13. The van der Waals surface area contributed by atoms with Crippen LogP contribution in [0.4, 0.5) is 0 Å². The van der Waals surface area contributed by atoms with E-state index in [0.717, 1.165) is 0 Å². The van der Waals surface area contributed by atoms with E-state index in [2.05, 4.69) is 0 Å². The summed E-state index contributed by atoms with van der Waals surface area (Å²) in [6, 6.07) is 11.6. The van der Waals surface area contributed by atoms with Gasteiger partial charge in [0.25, 0.3) is 0 Å². The number of para-hydroxylation sites is 1. The molecule has 2 N–H and O–H groups in total. The van der Waals surface area contributed by atoms with Gasteiger partial charge in [-0.05, 0) is 18.2 Å². The highest BCUT2D eigenvalue weighted by atomic mass is 35.5. The summed E-state index contributed by atoms with van der Waals surface area (Å²) in [5.41, 5.74) is 1.50. The number of carboxylic acids is 1. The monoisotopic (exact) mass is 292 g/mol. The van der Waals surface area contributed by atoms with Gasteiger partial charge in [0.05, 0.1) is 12.2 Å². The van der Waals surface area contributed by atoms with Gasteiger partial charge in [-0.25, -0.2) is 4.79 Å². The Labute approximate surface area is 121 Å². The smallest absolute Gasteiger partial charge is 0.335 e. The number of aliphatic hydroxyl groups is 1. The Morgan fingerprint density at radius 1 is 1.15 bits per heavy atom. The Hall–Kier alpha value is -2.04. The van der Waals surface area contributed by atoms with Crippen LogP contribution in [-0.4, -0.2) is 16.2 Å². The molecule has 0 amide bonds. The molecular formula is C15H13ClO4. The van der Waals surface area contributed by atoms with E-state index >= 15 is 0 Å². The number of carbonyl (C=O) groups is 1. The van der Waals surface area contributed by atoms with Gasteiger partial charge in [0, 0.05) is 16.1 Å². The average Bonchev–Trinajstić information content (AvgIpc) is 2.46. The molecule has 20 heavy (non-hydrogen) atoms. The SMILES string of the molecule is O=C(O)c1ccc(COc2ccccc2CO)c(Cl)c1. The van der Waals surface area contributed by atoms with Crippen LogP contribution in [0.2, 0.25) is 5.02 Å². The lowest BCUT2D eigenvalue weighted by Gasteiger charge is -2.11. The van der Waals surface area contributed by atoms with Crippen LogP contribution in [0.15, 0.2) is 42.5 Å². The summed E-state index contributed by atoms with van der Waals surface area (Å²) in [6.07, 6.45) is 0. The third-order valence-corrected chi connectivity index (χ3v) is 3.18. The average molecular weight is 293 g/mol. The quantitative estimate of drug-likeness (QED) is 0.888. The molecule has 104 valence electrons. The molecule has 0 saturated heterocycles. The number of aliphatic hydroxyl groups excluding tert-OH is 1. The molecule has 0 aromatic heterocycles. The largest absolute Gasteiger partial charge is 0.488 e. The molecular weight excluding hydrogens is 280 g/mol. The molecule has 0 atom stereocenters. The topological polar surface area (TPSA) is 66.8 Å². The van der Waals surface area contributed by atoms with Crippen molar-refractivity contribution in [3.63, 3.8) is 0 Å². The second kappa shape index (κ2) is 6.41. The Bertz CT molecular complexity index is 625. The first-order valence-electron chi connectivity index (χ1n) is 5.95. The summed E-state index contributed by atoms with van der Waals surface area (Å²) < 4.78 is 5.60. The van der Waals surface area contributed by atoms with Crippen molar-refractivity contribution in [2.45, 2.75) is 13.2 Å². The lowest BCUT2D eigenvalue weighted by Crippen LogP contribution is -2.01. The van der Waals surface area contributed by atoms with E-state index < -0.39 is 5.97 Å². The fourth-order valence-corrected chi connectivity index (χ4v) is 1.96. The molecule has 4 nitrogen and oxygen atoms in total. The van der Waals surface area contributed by atoms with E-state index in [4.69, 9.17) is 21.4 Å². The number of rotatable bonds is 5. The van der Waals surface area contributed by atoms with Crippen molar-refractivity contribution in [2.75, 3.05) is 0 Å². The molecule has 0 bridgehead atoms. The van der Waals surface area contributed by atoms with Gasteiger partial charge in [-0.15, -0.1) is 0 Å². The van der Waals surface area contributed by atoms with Crippen molar-refractivity contribution < 1.29 is 19.7 Å². The fourth-order valence-electron chi connectivity index (χ4n) is 1.73. The van der Waals surface area contributed by atoms with Crippen molar-refractivity contribution >= 4 is 17.6 Å². The van der Waals surface area contributed by atoms with Crippen LogP contribution in [-0.2, 0) is 13.2 Å². The molecule has 0 aliphatic rings. The predicted octanol–water partition coefficient (Wildman–Crippen LogP) is 3.11. The molecule has 0 aliphatic heterocycles. The molecule has 2 rings (SSSR count). The first-order chi connectivity index (χ1) is 9.61. The van der Waals surface area contributed by atoms with Crippen LogP contribution in [0.5, 0.6) is 5.75 Å². The molecule has 2 aromatic carbocycles. The number of halogens is 1. The van der Waals surface area contributed by atoms with E-state index in [9.17, 15) is 9.90 Å². The minimum atomic E-state index is -1.02. The zero-order chi connectivity index (χ0) is 14.5. The zero-order valence-corrected chi connectivity index (χ0v) is 11.3. The molecule has 2 aromatic rings. The summed E-state index contributed by atoms with van der Waals surface area (Å²) in [5.74, 6) is -0.446. The van der Waals surface area contributed by atoms with Crippen LogP contribution in [0.3, 0.4) is 0 Å². The second-order valence-corrected chi connectivity index (χ2v) is 4.57. The van der Waals surface area contributed by atoms with Crippen molar-refractivity contribution in [1.29, 1.82) is 0 Å². The molecule has 0 radical (unpaired) electrons. The lowest BCUT2D eigenvalue weighted by molar-refractivity contribution is 0.0697.